The molecule has 0 radical (unpaired) electrons. The predicted molar refractivity (Wildman–Crippen MR) is 87.3 cm³/mol. The number of methoxy groups -OCH3 is 1. The van der Waals surface area contributed by atoms with Crippen LogP contribution in [0.4, 0.5) is 5.69 Å². The number of sulfonamides is 1. The average molecular weight is 332 g/mol. The second-order valence-corrected chi connectivity index (χ2v) is 6.88. The number of ether oxygens (including phenoxy) is 1. The van der Waals surface area contributed by atoms with Gasteiger partial charge < -0.3 is 9.15 Å². The summed E-state index contributed by atoms with van der Waals surface area (Å²) in [5, 5.41) is 0. The smallest absolute Gasteiger partial charge is 0.262 e. The largest absolute Gasteiger partial charge is 0.496 e. The van der Waals surface area contributed by atoms with Gasteiger partial charge in [0.15, 0.2) is 12.0 Å². The van der Waals surface area contributed by atoms with Gasteiger partial charge in [0.2, 0.25) is 0 Å². The number of nitrogens with zero attached hydrogens (tertiary/aromatic N) is 1. The monoisotopic (exact) mass is 332 g/mol. The molecule has 0 amide bonds. The molecule has 0 atom stereocenters. The van der Waals surface area contributed by atoms with Gasteiger partial charge in [-0.2, -0.15) is 0 Å². The van der Waals surface area contributed by atoms with Crippen molar-refractivity contribution in [2.24, 2.45) is 0 Å². The van der Waals surface area contributed by atoms with Crippen LogP contribution in [-0.2, 0) is 10.0 Å². The van der Waals surface area contributed by atoms with Gasteiger partial charge >= 0.3 is 0 Å². The summed E-state index contributed by atoms with van der Waals surface area (Å²) < 4.78 is 38.3. The SMILES string of the molecule is COc1cc(C)c(S(=O)(=O)Nc2ccc3ncoc3c2)cc1C. The van der Waals surface area contributed by atoms with E-state index in [1.54, 1.807) is 51.3 Å². The molecule has 0 saturated carbocycles. The molecule has 1 aromatic heterocycles. The molecule has 6 nitrogen and oxygen atoms in total. The molecule has 0 unspecified atom stereocenters. The maximum atomic E-state index is 12.7. The maximum absolute atomic E-state index is 12.7. The van der Waals surface area contributed by atoms with Crippen LogP contribution in [0, 0.1) is 13.8 Å². The molecule has 120 valence electrons. The Morgan fingerprint density at radius 3 is 2.65 bits per heavy atom. The zero-order chi connectivity index (χ0) is 16.6. The molecular weight excluding hydrogens is 316 g/mol. The number of fused-ring (bicyclic) bond motifs is 1. The number of aryl methyl sites for hydroxylation is 2. The number of hydrogen-bond donors (Lipinski definition) is 1. The summed E-state index contributed by atoms with van der Waals surface area (Å²) in [6.45, 7) is 3.54. The van der Waals surface area contributed by atoms with Crippen molar-refractivity contribution in [2.75, 3.05) is 11.8 Å². The van der Waals surface area contributed by atoms with E-state index in [0.29, 0.717) is 28.1 Å². The van der Waals surface area contributed by atoms with Gasteiger partial charge in [-0.1, -0.05) is 0 Å². The number of hydrogen-bond acceptors (Lipinski definition) is 5. The van der Waals surface area contributed by atoms with Gasteiger partial charge in [0.1, 0.15) is 11.3 Å². The van der Waals surface area contributed by atoms with Gasteiger partial charge in [-0.05, 0) is 49.2 Å². The lowest BCUT2D eigenvalue weighted by Crippen LogP contribution is -2.14. The van der Waals surface area contributed by atoms with Gasteiger partial charge in [0, 0.05) is 6.07 Å². The zero-order valence-electron chi connectivity index (χ0n) is 13.0. The Morgan fingerprint density at radius 1 is 1.13 bits per heavy atom. The number of rotatable bonds is 4. The lowest BCUT2D eigenvalue weighted by molar-refractivity contribution is 0.411. The summed E-state index contributed by atoms with van der Waals surface area (Å²) in [5.41, 5.74) is 2.98. The van der Waals surface area contributed by atoms with E-state index in [4.69, 9.17) is 9.15 Å². The van der Waals surface area contributed by atoms with Gasteiger partial charge in [0.25, 0.3) is 10.0 Å². The van der Waals surface area contributed by atoms with Crippen molar-refractivity contribution in [1.82, 2.24) is 4.98 Å². The molecule has 0 aliphatic heterocycles. The number of oxazole rings is 1. The molecule has 3 rings (SSSR count). The Bertz CT molecular complexity index is 977. The molecule has 0 fully saturated rings. The third-order valence-electron chi connectivity index (χ3n) is 3.57. The van der Waals surface area contributed by atoms with E-state index < -0.39 is 10.0 Å². The molecule has 1 N–H and O–H groups in total. The molecule has 2 aromatic carbocycles. The first-order chi connectivity index (χ1) is 10.9. The van der Waals surface area contributed by atoms with Gasteiger partial charge in [-0.3, -0.25) is 4.72 Å². The van der Waals surface area contributed by atoms with Gasteiger partial charge in [-0.15, -0.1) is 0 Å². The van der Waals surface area contributed by atoms with Crippen molar-refractivity contribution in [2.45, 2.75) is 18.7 Å². The second-order valence-electron chi connectivity index (χ2n) is 5.23. The van der Waals surface area contributed by atoms with E-state index in [1.807, 2.05) is 0 Å². The predicted octanol–water partition coefficient (Wildman–Crippen LogP) is 3.25. The molecule has 23 heavy (non-hydrogen) atoms. The highest BCUT2D eigenvalue weighted by Crippen LogP contribution is 2.27. The van der Waals surface area contributed by atoms with E-state index in [-0.39, 0.29) is 4.90 Å². The van der Waals surface area contributed by atoms with Crippen LogP contribution in [0.3, 0.4) is 0 Å². The van der Waals surface area contributed by atoms with Crippen LogP contribution in [-0.4, -0.2) is 20.5 Å². The first-order valence-corrected chi connectivity index (χ1v) is 8.40. The average Bonchev–Trinajstić information content (AvgIpc) is 2.96. The van der Waals surface area contributed by atoms with Crippen molar-refractivity contribution in [3.05, 3.63) is 47.9 Å². The molecule has 0 aliphatic carbocycles. The van der Waals surface area contributed by atoms with Crippen molar-refractivity contribution in [1.29, 1.82) is 0 Å². The van der Waals surface area contributed by atoms with Gasteiger partial charge in [0.05, 0.1) is 17.7 Å². The topological polar surface area (TPSA) is 81.4 Å². The Balaban J connectivity index is 1.99. The fourth-order valence-corrected chi connectivity index (χ4v) is 3.76. The minimum atomic E-state index is -3.71. The third kappa shape index (κ3) is 2.87. The molecule has 0 aliphatic rings. The van der Waals surface area contributed by atoms with E-state index in [0.717, 1.165) is 5.56 Å². The highest BCUT2D eigenvalue weighted by atomic mass is 32.2. The lowest BCUT2D eigenvalue weighted by Gasteiger charge is -2.13. The first-order valence-electron chi connectivity index (χ1n) is 6.92. The molecule has 0 saturated heterocycles. The van der Waals surface area contributed by atoms with Crippen molar-refractivity contribution in [3.8, 4) is 5.75 Å². The second kappa shape index (κ2) is 5.58. The Morgan fingerprint density at radius 2 is 1.91 bits per heavy atom. The Hall–Kier alpha value is -2.54. The maximum Gasteiger partial charge on any atom is 0.262 e. The minimum absolute atomic E-state index is 0.216. The van der Waals surface area contributed by atoms with Crippen molar-refractivity contribution in [3.63, 3.8) is 0 Å². The molecule has 1 heterocycles. The quantitative estimate of drug-likeness (QED) is 0.793. The number of nitrogens with one attached hydrogen (secondary N) is 1. The summed E-state index contributed by atoms with van der Waals surface area (Å²) in [6.07, 6.45) is 1.32. The summed E-state index contributed by atoms with van der Waals surface area (Å²) in [7, 11) is -2.15. The van der Waals surface area contributed by atoms with E-state index in [9.17, 15) is 8.42 Å². The fraction of sp³-hybridized carbons (Fsp3) is 0.188. The van der Waals surface area contributed by atoms with E-state index in [1.165, 1.54) is 6.39 Å². The molecule has 0 bridgehead atoms. The minimum Gasteiger partial charge on any atom is -0.496 e. The number of benzene rings is 2. The van der Waals surface area contributed by atoms with Crippen LogP contribution in [0.25, 0.3) is 11.1 Å². The first kappa shape index (κ1) is 15.4. The summed E-state index contributed by atoms with van der Waals surface area (Å²) >= 11 is 0. The zero-order valence-corrected chi connectivity index (χ0v) is 13.8. The van der Waals surface area contributed by atoms with Crippen LogP contribution in [0.15, 0.2) is 46.0 Å². The Kier molecular flexibility index (Phi) is 3.73. The third-order valence-corrected chi connectivity index (χ3v) is 5.09. The van der Waals surface area contributed by atoms with Crippen LogP contribution >= 0.6 is 0 Å². The Labute approximate surface area is 134 Å². The summed E-state index contributed by atoms with van der Waals surface area (Å²) in [4.78, 5) is 4.22. The molecule has 0 spiro atoms. The summed E-state index contributed by atoms with van der Waals surface area (Å²) in [6, 6.07) is 8.26. The number of anilines is 1. The normalized spacial score (nSPS) is 11.6. The molecule has 7 heteroatoms. The lowest BCUT2D eigenvalue weighted by atomic mass is 10.1. The standard InChI is InChI=1S/C16H16N2O4S/c1-10-7-16(11(2)6-14(10)21-3)23(19,20)18-12-4-5-13-15(8-12)22-9-17-13/h4-9,18H,1-3H3. The van der Waals surface area contributed by atoms with Crippen molar-refractivity contribution < 1.29 is 17.6 Å². The summed E-state index contributed by atoms with van der Waals surface area (Å²) in [5.74, 6) is 0.657. The highest BCUT2D eigenvalue weighted by Gasteiger charge is 2.19. The number of aromatic nitrogens is 1. The van der Waals surface area contributed by atoms with Crippen molar-refractivity contribution >= 4 is 26.8 Å². The van der Waals surface area contributed by atoms with Crippen LogP contribution in [0.1, 0.15) is 11.1 Å². The van der Waals surface area contributed by atoms with Gasteiger partial charge in [-0.25, -0.2) is 13.4 Å². The van der Waals surface area contributed by atoms with Crippen LogP contribution in [0.5, 0.6) is 5.75 Å². The van der Waals surface area contributed by atoms with Crippen LogP contribution in [0.2, 0.25) is 0 Å². The highest BCUT2D eigenvalue weighted by molar-refractivity contribution is 7.92. The fourth-order valence-electron chi connectivity index (χ4n) is 2.40. The van der Waals surface area contributed by atoms with Crippen LogP contribution < -0.4 is 9.46 Å². The van der Waals surface area contributed by atoms with E-state index >= 15 is 0 Å². The van der Waals surface area contributed by atoms with E-state index in [2.05, 4.69) is 9.71 Å². The molecular formula is C16H16N2O4S. The molecule has 3 aromatic rings.